The van der Waals surface area contributed by atoms with Crippen LogP contribution in [0.15, 0.2) is 83.4 Å². The molecule has 0 saturated carbocycles. The Balaban J connectivity index is 1.43. The summed E-state index contributed by atoms with van der Waals surface area (Å²) in [7, 11) is -4.56. The minimum Gasteiger partial charge on any atom is -0.508 e. The summed E-state index contributed by atoms with van der Waals surface area (Å²) in [6.07, 6.45) is 3.61. The first-order valence-corrected chi connectivity index (χ1v) is 19.2. The van der Waals surface area contributed by atoms with E-state index < -0.39 is 33.6 Å². The van der Waals surface area contributed by atoms with Gasteiger partial charge in [-0.25, -0.2) is 4.99 Å². The van der Waals surface area contributed by atoms with E-state index in [4.69, 9.17) is 20.9 Å². The highest BCUT2D eigenvalue weighted by Gasteiger charge is 2.47. The zero-order valence-corrected chi connectivity index (χ0v) is 29.4. The predicted molar refractivity (Wildman–Crippen MR) is 194 cm³/mol. The minimum atomic E-state index is -4.56. The Labute approximate surface area is 299 Å². The van der Waals surface area contributed by atoms with Gasteiger partial charge in [0, 0.05) is 35.6 Å². The van der Waals surface area contributed by atoms with Gasteiger partial charge < -0.3 is 31.2 Å². The molecule has 8 bridgehead atoms. The van der Waals surface area contributed by atoms with Crippen LogP contribution in [0.4, 0.5) is 0 Å². The van der Waals surface area contributed by atoms with Crippen LogP contribution in [0.5, 0.6) is 11.5 Å². The molecule has 10 rings (SSSR count). The Morgan fingerprint density at radius 1 is 0.980 bits per heavy atom. The topological polar surface area (TPSA) is 178 Å². The third-order valence-corrected chi connectivity index (χ3v) is 12.4. The van der Waals surface area contributed by atoms with Crippen LogP contribution in [0.2, 0.25) is 0 Å². The molecule has 3 aromatic carbocycles. The quantitative estimate of drug-likeness (QED) is 0.0733. The average Bonchev–Trinajstić information content (AvgIpc) is 3.23. The minimum absolute atomic E-state index is 0.0455. The van der Waals surface area contributed by atoms with Gasteiger partial charge in [-0.2, -0.15) is 8.42 Å². The molecular weight excluding hydrogens is 667 g/mol. The second-order valence-corrected chi connectivity index (χ2v) is 16.0. The third kappa shape index (κ3) is 7.37. The molecule has 6 heterocycles. The van der Waals surface area contributed by atoms with Gasteiger partial charge in [0.15, 0.2) is 5.96 Å². The largest absolute Gasteiger partial charge is 0.508 e. The summed E-state index contributed by atoms with van der Waals surface area (Å²) in [6.45, 7) is 1.98. The van der Waals surface area contributed by atoms with Crippen LogP contribution >= 0.6 is 0 Å². The molecule has 7 aliphatic rings. The fourth-order valence-corrected chi connectivity index (χ4v) is 9.84. The summed E-state index contributed by atoms with van der Waals surface area (Å²) in [5.41, 5.74) is 16.6. The highest BCUT2D eigenvalue weighted by Crippen LogP contribution is 2.54. The van der Waals surface area contributed by atoms with Crippen LogP contribution in [0.1, 0.15) is 97.4 Å². The number of aliphatic hydroxyl groups is 1. The average molecular weight is 712 g/mol. The molecule has 1 aliphatic carbocycles. The van der Waals surface area contributed by atoms with Crippen LogP contribution in [0.3, 0.4) is 0 Å². The van der Waals surface area contributed by atoms with Gasteiger partial charge in [-0.15, -0.1) is 0 Å². The maximum Gasteiger partial charge on any atom is 0.268 e. The molecular formula is C40H45N3O7S. The number of benzene rings is 3. The SMILES string of the molecule is CC[C@@H]1CC(S(=O)(=O)O)[C@@H]2C=C3C[C@@H](C[C@@H]4C[C@H](CO)CC#Cc5cc(O)ccc5[C@@H]3O4)[C@@H]2c2ccc(cc2)[C@@H](N=C(N)N)Oc2ccc1cc2. The number of rotatable bonds is 4. The van der Waals surface area contributed by atoms with Crippen molar-refractivity contribution < 1.29 is 32.7 Å². The molecule has 0 spiro atoms. The molecule has 268 valence electrons. The normalized spacial score (nSPS) is 30.0. The van der Waals surface area contributed by atoms with Crippen LogP contribution in [-0.4, -0.2) is 47.1 Å². The number of guanidine groups is 1. The van der Waals surface area contributed by atoms with Gasteiger partial charge in [-0.3, -0.25) is 4.55 Å². The number of ether oxygens (including phenoxy) is 2. The molecule has 0 radical (unpaired) electrons. The highest BCUT2D eigenvalue weighted by molar-refractivity contribution is 7.86. The van der Waals surface area contributed by atoms with Crippen molar-refractivity contribution in [2.24, 2.45) is 34.2 Å². The zero-order chi connectivity index (χ0) is 35.9. The Hall–Kier alpha value is -4.34. The standard InChI is InChI=1S/C40H45N3O7S/c1-2-24-21-36(51(46,47)48)35-20-30-17-29(19-33-16-23(22-44)4-3-5-28-18-31(45)12-15-34(28)38(30)49-33)37(35)26-6-8-27(9-7-26)39(43-40(41)42)50-32-13-10-25(24)11-14-32/h6-15,18,20,23-24,29,33,35-39,44-45H,2,4,16-17,19,21-22H2,1H3,(H4,41,42,43)(H,46,47,48)/t23-,24-,29+,33+,35+,36?,37+,38-,39+/m1/s1. The number of nitrogens with zero attached hydrogens (tertiary/aromatic N) is 1. The maximum absolute atomic E-state index is 13.7. The first kappa shape index (κ1) is 35.1. The van der Waals surface area contributed by atoms with Gasteiger partial charge in [-0.05, 0) is 96.7 Å². The number of phenols is 1. The second kappa shape index (κ2) is 14.4. The van der Waals surface area contributed by atoms with Crippen molar-refractivity contribution in [1.29, 1.82) is 0 Å². The first-order chi connectivity index (χ1) is 24.5. The predicted octanol–water partition coefficient (Wildman–Crippen LogP) is 5.83. The molecule has 3 aromatic rings. The third-order valence-electron chi connectivity index (χ3n) is 11.1. The summed E-state index contributed by atoms with van der Waals surface area (Å²) in [6, 6.07) is 20.4. The van der Waals surface area contributed by atoms with E-state index in [0.29, 0.717) is 43.4 Å². The first-order valence-electron chi connectivity index (χ1n) is 17.7. The number of hydrogen-bond donors (Lipinski definition) is 5. The van der Waals surface area contributed by atoms with Crippen molar-refractivity contribution in [2.75, 3.05) is 6.61 Å². The lowest BCUT2D eigenvalue weighted by Crippen LogP contribution is -2.39. The number of nitrogens with two attached hydrogens (primary N) is 2. The van der Waals surface area contributed by atoms with E-state index in [9.17, 15) is 23.2 Å². The Bertz CT molecular complexity index is 1980. The van der Waals surface area contributed by atoms with Gasteiger partial charge in [0.05, 0.1) is 11.4 Å². The smallest absolute Gasteiger partial charge is 0.268 e. The van der Waals surface area contributed by atoms with Crippen molar-refractivity contribution in [3.8, 4) is 23.3 Å². The van der Waals surface area contributed by atoms with Gasteiger partial charge >= 0.3 is 0 Å². The number of aromatic hydroxyl groups is 1. The Kier molecular flexibility index (Phi) is 9.87. The maximum atomic E-state index is 13.7. The van der Waals surface area contributed by atoms with E-state index in [2.05, 4.69) is 16.8 Å². The molecule has 11 heteroatoms. The Morgan fingerprint density at radius 3 is 2.39 bits per heavy atom. The van der Waals surface area contributed by atoms with Crippen LogP contribution < -0.4 is 16.2 Å². The number of phenolic OH excluding ortho intramolecular Hbond substituents is 1. The van der Waals surface area contributed by atoms with E-state index in [0.717, 1.165) is 27.8 Å². The Morgan fingerprint density at radius 2 is 1.71 bits per heavy atom. The molecule has 1 fully saturated rings. The summed E-state index contributed by atoms with van der Waals surface area (Å²) < 4.78 is 51.7. The van der Waals surface area contributed by atoms with Crippen molar-refractivity contribution >= 4 is 16.1 Å². The van der Waals surface area contributed by atoms with Gasteiger partial charge in [0.25, 0.3) is 10.1 Å². The fraction of sp³-hybridized carbons (Fsp3) is 0.425. The van der Waals surface area contributed by atoms with E-state index in [1.165, 1.54) is 0 Å². The molecule has 51 heavy (non-hydrogen) atoms. The number of fused-ring (bicyclic) bond motifs is 7. The van der Waals surface area contributed by atoms with E-state index in [-0.39, 0.29) is 54.5 Å². The van der Waals surface area contributed by atoms with E-state index in [1.54, 1.807) is 12.1 Å². The van der Waals surface area contributed by atoms with Crippen LogP contribution in [0.25, 0.3) is 0 Å². The molecule has 1 saturated heterocycles. The van der Waals surface area contributed by atoms with Crippen molar-refractivity contribution in [1.82, 2.24) is 0 Å². The number of aliphatic imine (C=N–C) groups is 1. The molecule has 9 atom stereocenters. The molecule has 6 aliphatic heterocycles. The molecule has 7 N–H and O–H groups in total. The summed E-state index contributed by atoms with van der Waals surface area (Å²) in [5.74, 6) is 5.72. The molecule has 10 nitrogen and oxygen atoms in total. The molecule has 0 aromatic heterocycles. The number of aliphatic hydroxyl groups excluding tert-OH is 1. The zero-order valence-electron chi connectivity index (χ0n) is 28.6. The van der Waals surface area contributed by atoms with Crippen molar-refractivity contribution in [2.45, 2.75) is 81.0 Å². The van der Waals surface area contributed by atoms with Gasteiger partial charge in [0.2, 0.25) is 6.23 Å². The lowest BCUT2D eigenvalue weighted by atomic mass is 9.65. The lowest BCUT2D eigenvalue weighted by Gasteiger charge is -2.41. The monoisotopic (exact) mass is 711 g/mol. The van der Waals surface area contributed by atoms with Crippen LogP contribution in [0, 0.1) is 29.6 Å². The van der Waals surface area contributed by atoms with E-state index >= 15 is 0 Å². The van der Waals surface area contributed by atoms with Gasteiger partial charge in [0.1, 0.15) is 17.6 Å². The van der Waals surface area contributed by atoms with Crippen LogP contribution in [-0.2, 0) is 14.9 Å². The fourth-order valence-electron chi connectivity index (χ4n) is 8.71. The molecule has 0 amide bonds. The molecule has 1 unspecified atom stereocenters. The number of allylic oxidation sites excluding steroid dienone is 1. The van der Waals surface area contributed by atoms with Crippen molar-refractivity contribution in [3.05, 3.63) is 106 Å². The highest BCUT2D eigenvalue weighted by atomic mass is 32.2. The summed E-state index contributed by atoms with van der Waals surface area (Å²) >= 11 is 0. The van der Waals surface area contributed by atoms with Crippen molar-refractivity contribution in [3.63, 3.8) is 0 Å². The number of hydrogen-bond acceptors (Lipinski definition) is 7. The summed E-state index contributed by atoms with van der Waals surface area (Å²) in [5, 5.41) is 19.6. The second-order valence-electron chi connectivity index (χ2n) is 14.4. The van der Waals surface area contributed by atoms with E-state index in [1.807, 2.05) is 67.6 Å². The summed E-state index contributed by atoms with van der Waals surface area (Å²) in [4.78, 5) is 4.37. The van der Waals surface area contributed by atoms with Gasteiger partial charge in [-0.1, -0.05) is 67.3 Å². The lowest BCUT2D eigenvalue weighted by molar-refractivity contribution is -0.0131.